The minimum Gasteiger partial charge on any atom is -0.369 e. The molecule has 0 saturated heterocycles. The number of guanidine groups is 1. The van der Waals surface area contributed by atoms with Crippen molar-refractivity contribution in [1.82, 2.24) is 4.90 Å². The van der Waals surface area contributed by atoms with Gasteiger partial charge in [-0.2, -0.15) is 10.5 Å². The lowest BCUT2D eigenvalue weighted by atomic mass is 9.80. The maximum atomic E-state index is 12.7. The van der Waals surface area contributed by atoms with Gasteiger partial charge in [0.25, 0.3) is 0 Å². The van der Waals surface area contributed by atoms with E-state index in [1.165, 1.54) is 16.2 Å². The Bertz CT molecular complexity index is 980. The minimum atomic E-state index is -0.890. The second kappa shape index (κ2) is 6.62. The van der Waals surface area contributed by atoms with Crippen LogP contribution < -0.4 is 5.73 Å². The molecule has 2 heterocycles. The number of thiophene rings is 1. The van der Waals surface area contributed by atoms with E-state index in [0.29, 0.717) is 5.56 Å². The molecular formula is C19H17N5OS. The third kappa shape index (κ3) is 2.83. The van der Waals surface area contributed by atoms with Crippen molar-refractivity contribution >= 4 is 23.2 Å². The lowest BCUT2D eigenvalue weighted by molar-refractivity contribution is -0.133. The summed E-state index contributed by atoms with van der Waals surface area (Å²) in [4.78, 5) is 19.4. The summed E-state index contributed by atoms with van der Waals surface area (Å²) in [5.74, 6) is -0.655. The molecule has 1 amide bonds. The third-order valence-corrected chi connectivity index (χ3v) is 5.87. The molecule has 2 N–H and O–H groups in total. The highest BCUT2D eigenvalue weighted by Gasteiger charge is 2.46. The highest BCUT2D eigenvalue weighted by Crippen LogP contribution is 2.43. The topological polar surface area (TPSA) is 106 Å². The van der Waals surface area contributed by atoms with Crippen LogP contribution in [0.2, 0.25) is 0 Å². The molecule has 7 heteroatoms. The quantitative estimate of drug-likeness (QED) is 0.905. The SMILES string of the molecule is CN1C(=O)[C@@H](CC#N)[C@@](C)(c2cc(-c3cccc(C#N)c3)cs2)N=C1N. The van der Waals surface area contributed by atoms with E-state index in [1.807, 2.05) is 36.6 Å². The van der Waals surface area contributed by atoms with Gasteiger partial charge in [-0.3, -0.25) is 9.69 Å². The van der Waals surface area contributed by atoms with Crippen molar-refractivity contribution in [3.05, 3.63) is 46.2 Å². The van der Waals surface area contributed by atoms with Crippen LogP contribution >= 0.6 is 11.3 Å². The summed E-state index contributed by atoms with van der Waals surface area (Å²) in [6, 6.07) is 13.5. The second-order valence-electron chi connectivity index (χ2n) is 6.32. The fourth-order valence-electron chi connectivity index (χ4n) is 3.10. The lowest BCUT2D eigenvalue weighted by Crippen LogP contribution is -2.53. The van der Waals surface area contributed by atoms with Gasteiger partial charge in [0.15, 0.2) is 5.96 Å². The molecule has 2 atom stereocenters. The molecule has 6 nitrogen and oxygen atoms in total. The molecule has 2 aromatic rings. The van der Waals surface area contributed by atoms with E-state index in [0.717, 1.165) is 16.0 Å². The largest absolute Gasteiger partial charge is 0.369 e. The van der Waals surface area contributed by atoms with Crippen molar-refractivity contribution in [2.75, 3.05) is 7.05 Å². The van der Waals surface area contributed by atoms with Gasteiger partial charge in [0, 0.05) is 18.3 Å². The Labute approximate surface area is 155 Å². The van der Waals surface area contributed by atoms with E-state index in [4.69, 9.17) is 11.0 Å². The first kappa shape index (κ1) is 17.7. The molecule has 1 aliphatic heterocycles. The van der Waals surface area contributed by atoms with Crippen LogP contribution in [0.25, 0.3) is 11.1 Å². The van der Waals surface area contributed by atoms with E-state index >= 15 is 0 Å². The summed E-state index contributed by atoms with van der Waals surface area (Å²) in [5, 5.41) is 20.2. The summed E-state index contributed by atoms with van der Waals surface area (Å²) < 4.78 is 0. The highest BCUT2D eigenvalue weighted by molar-refractivity contribution is 7.10. The molecule has 130 valence electrons. The van der Waals surface area contributed by atoms with Crippen LogP contribution in [-0.4, -0.2) is 23.8 Å². The van der Waals surface area contributed by atoms with E-state index in [-0.39, 0.29) is 18.3 Å². The minimum absolute atomic E-state index is 0.0631. The van der Waals surface area contributed by atoms with Gasteiger partial charge in [-0.05, 0) is 41.6 Å². The lowest BCUT2D eigenvalue weighted by Gasteiger charge is -2.38. The Morgan fingerprint density at radius 3 is 2.81 bits per heavy atom. The zero-order chi connectivity index (χ0) is 18.9. The number of hydrogen-bond donors (Lipinski definition) is 1. The van der Waals surface area contributed by atoms with Crippen LogP contribution in [-0.2, 0) is 10.3 Å². The summed E-state index contributed by atoms with van der Waals surface area (Å²) in [6.45, 7) is 1.84. The molecule has 0 spiro atoms. The van der Waals surface area contributed by atoms with Crippen LogP contribution in [0.4, 0.5) is 0 Å². The summed E-state index contributed by atoms with van der Waals surface area (Å²) in [5.41, 5.74) is 7.49. The van der Waals surface area contributed by atoms with E-state index in [2.05, 4.69) is 17.1 Å². The maximum Gasteiger partial charge on any atom is 0.236 e. The van der Waals surface area contributed by atoms with Gasteiger partial charge in [-0.15, -0.1) is 11.3 Å². The number of nitrogens with zero attached hydrogens (tertiary/aromatic N) is 4. The van der Waals surface area contributed by atoms with Gasteiger partial charge in [0.2, 0.25) is 5.91 Å². The van der Waals surface area contributed by atoms with Gasteiger partial charge in [0.1, 0.15) is 5.54 Å². The first-order valence-electron chi connectivity index (χ1n) is 8.00. The Hall–Kier alpha value is -3.16. The number of benzene rings is 1. The number of hydrogen-bond acceptors (Lipinski definition) is 6. The monoisotopic (exact) mass is 363 g/mol. The fourth-order valence-corrected chi connectivity index (χ4v) is 4.18. The molecule has 0 bridgehead atoms. The van der Waals surface area contributed by atoms with Crippen LogP contribution in [0.3, 0.4) is 0 Å². The number of carbonyl (C=O) groups is 1. The van der Waals surface area contributed by atoms with Crippen LogP contribution in [0.15, 0.2) is 40.7 Å². The van der Waals surface area contributed by atoms with Crippen molar-refractivity contribution < 1.29 is 4.79 Å². The molecule has 26 heavy (non-hydrogen) atoms. The molecule has 3 rings (SSSR count). The number of aliphatic imine (C=N–C) groups is 1. The van der Waals surface area contributed by atoms with Crippen molar-refractivity contribution in [3.63, 3.8) is 0 Å². The van der Waals surface area contributed by atoms with Crippen molar-refractivity contribution in [2.24, 2.45) is 16.6 Å². The fraction of sp³-hybridized carbons (Fsp3) is 0.263. The number of carbonyl (C=O) groups excluding carboxylic acids is 1. The number of rotatable bonds is 3. The molecule has 0 aliphatic carbocycles. The molecule has 1 aromatic carbocycles. The predicted octanol–water partition coefficient (Wildman–Crippen LogP) is 2.82. The van der Waals surface area contributed by atoms with Crippen molar-refractivity contribution in [3.8, 4) is 23.3 Å². The first-order valence-corrected chi connectivity index (χ1v) is 8.88. The highest BCUT2D eigenvalue weighted by atomic mass is 32.1. The smallest absolute Gasteiger partial charge is 0.236 e. The summed E-state index contributed by atoms with van der Waals surface area (Å²) in [7, 11) is 1.57. The number of nitrogens with two attached hydrogens (primary N) is 1. The molecule has 1 aromatic heterocycles. The standard InChI is InChI=1S/C19H17N5OS/c1-19(15(6-7-20)17(25)24(2)18(22)23-19)16-9-14(11-26-16)13-5-3-4-12(8-13)10-21/h3-5,8-9,11,15H,6H2,1-2H3,(H2,22,23)/t15-,19+/m1/s1. The first-order chi connectivity index (χ1) is 12.4. The Morgan fingerprint density at radius 2 is 2.12 bits per heavy atom. The second-order valence-corrected chi connectivity index (χ2v) is 7.23. The van der Waals surface area contributed by atoms with Gasteiger partial charge in [-0.25, -0.2) is 4.99 Å². The molecule has 1 aliphatic rings. The van der Waals surface area contributed by atoms with Crippen molar-refractivity contribution in [1.29, 1.82) is 10.5 Å². The zero-order valence-corrected chi connectivity index (χ0v) is 15.2. The summed E-state index contributed by atoms with van der Waals surface area (Å²) in [6.07, 6.45) is 0.0631. The van der Waals surface area contributed by atoms with Gasteiger partial charge < -0.3 is 5.73 Å². The maximum absolute atomic E-state index is 12.7. The zero-order valence-electron chi connectivity index (χ0n) is 14.4. The molecule has 0 fully saturated rings. The van der Waals surface area contributed by atoms with Crippen LogP contribution in [0.1, 0.15) is 23.8 Å². The number of nitriles is 2. The van der Waals surface area contributed by atoms with E-state index in [9.17, 15) is 10.1 Å². The Morgan fingerprint density at radius 1 is 1.35 bits per heavy atom. The normalized spacial score (nSPS) is 22.5. The van der Waals surface area contributed by atoms with Gasteiger partial charge in [-0.1, -0.05) is 12.1 Å². The number of amides is 1. The van der Waals surface area contributed by atoms with Gasteiger partial charge in [0.05, 0.1) is 23.6 Å². The van der Waals surface area contributed by atoms with Crippen LogP contribution in [0, 0.1) is 28.6 Å². The molecule has 0 radical (unpaired) electrons. The van der Waals surface area contributed by atoms with E-state index in [1.54, 1.807) is 13.1 Å². The Balaban J connectivity index is 2.07. The average Bonchev–Trinajstić information content (AvgIpc) is 3.14. The van der Waals surface area contributed by atoms with E-state index < -0.39 is 11.5 Å². The Kier molecular flexibility index (Phi) is 4.50. The molecule has 0 saturated carbocycles. The molecule has 0 unspecified atom stereocenters. The van der Waals surface area contributed by atoms with Crippen molar-refractivity contribution in [2.45, 2.75) is 18.9 Å². The predicted molar refractivity (Wildman–Crippen MR) is 99.9 cm³/mol. The average molecular weight is 363 g/mol. The van der Waals surface area contributed by atoms with Gasteiger partial charge >= 0.3 is 0 Å². The third-order valence-electron chi connectivity index (χ3n) is 4.72. The molecular weight excluding hydrogens is 346 g/mol. The summed E-state index contributed by atoms with van der Waals surface area (Å²) >= 11 is 1.47. The van der Waals surface area contributed by atoms with Crippen LogP contribution in [0.5, 0.6) is 0 Å².